The van der Waals surface area contributed by atoms with Crippen molar-refractivity contribution in [2.75, 3.05) is 5.73 Å². The van der Waals surface area contributed by atoms with Crippen molar-refractivity contribution in [3.8, 4) is 11.8 Å². The Morgan fingerprint density at radius 2 is 1.95 bits per heavy atom. The zero-order valence-electron chi connectivity index (χ0n) is 10.5. The Morgan fingerprint density at radius 1 is 1.11 bits per heavy atom. The Labute approximate surface area is 110 Å². The van der Waals surface area contributed by atoms with E-state index in [0.29, 0.717) is 17.4 Å². The SMILES string of the molecule is Cc1cc(N)ccc1Oc1ncc2ccccc2n1. The molecular weight excluding hydrogens is 238 g/mol. The number of benzene rings is 2. The third-order valence-corrected chi connectivity index (χ3v) is 2.87. The van der Waals surface area contributed by atoms with Gasteiger partial charge >= 0.3 is 6.01 Å². The van der Waals surface area contributed by atoms with Gasteiger partial charge in [0.1, 0.15) is 5.75 Å². The first kappa shape index (κ1) is 11.5. The molecule has 0 aliphatic rings. The van der Waals surface area contributed by atoms with Crippen LogP contribution in [0.4, 0.5) is 5.69 Å². The minimum Gasteiger partial charge on any atom is -0.424 e. The number of nitrogens with two attached hydrogens (primary N) is 1. The lowest BCUT2D eigenvalue weighted by molar-refractivity contribution is 0.441. The number of rotatable bonds is 2. The topological polar surface area (TPSA) is 61.0 Å². The van der Waals surface area contributed by atoms with Crippen LogP contribution in [0.2, 0.25) is 0 Å². The van der Waals surface area contributed by atoms with E-state index in [2.05, 4.69) is 9.97 Å². The second kappa shape index (κ2) is 4.57. The molecule has 3 aromatic rings. The molecule has 0 amide bonds. The van der Waals surface area contributed by atoms with Gasteiger partial charge in [0.05, 0.1) is 5.52 Å². The molecule has 0 saturated carbocycles. The largest absolute Gasteiger partial charge is 0.424 e. The highest BCUT2D eigenvalue weighted by Gasteiger charge is 2.05. The summed E-state index contributed by atoms with van der Waals surface area (Å²) in [5.41, 5.74) is 8.24. The zero-order valence-corrected chi connectivity index (χ0v) is 10.5. The van der Waals surface area contributed by atoms with Crippen LogP contribution in [0.5, 0.6) is 11.8 Å². The molecule has 0 radical (unpaired) electrons. The molecule has 0 unspecified atom stereocenters. The molecule has 0 aliphatic heterocycles. The number of hydrogen-bond acceptors (Lipinski definition) is 4. The molecule has 2 N–H and O–H groups in total. The van der Waals surface area contributed by atoms with Gasteiger partial charge < -0.3 is 10.5 Å². The van der Waals surface area contributed by atoms with Crippen molar-refractivity contribution in [2.24, 2.45) is 0 Å². The summed E-state index contributed by atoms with van der Waals surface area (Å²) in [5.74, 6) is 0.712. The summed E-state index contributed by atoms with van der Waals surface area (Å²) in [6, 6.07) is 13.6. The van der Waals surface area contributed by atoms with Crippen LogP contribution in [0.3, 0.4) is 0 Å². The van der Waals surface area contributed by atoms with E-state index in [9.17, 15) is 0 Å². The fourth-order valence-electron chi connectivity index (χ4n) is 1.89. The van der Waals surface area contributed by atoms with E-state index in [1.165, 1.54) is 0 Å². The van der Waals surface area contributed by atoms with Crippen LogP contribution in [-0.2, 0) is 0 Å². The minimum absolute atomic E-state index is 0.339. The predicted octanol–water partition coefficient (Wildman–Crippen LogP) is 3.31. The molecule has 1 aromatic heterocycles. The number of anilines is 1. The molecule has 0 aliphatic carbocycles. The van der Waals surface area contributed by atoms with Gasteiger partial charge in [-0.25, -0.2) is 4.98 Å². The van der Waals surface area contributed by atoms with E-state index in [1.54, 1.807) is 12.3 Å². The van der Waals surface area contributed by atoms with Gasteiger partial charge in [-0.05, 0) is 36.8 Å². The second-order valence-corrected chi connectivity index (χ2v) is 4.34. The lowest BCUT2D eigenvalue weighted by atomic mass is 10.2. The van der Waals surface area contributed by atoms with Gasteiger partial charge in [0.15, 0.2) is 0 Å². The number of ether oxygens (including phenoxy) is 1. The highest BCUT2D eigenvalue weighted by Crippen LogP contribution is 2.25. The fraction of sp³-hybridized carbons (Fsp3) is 0.0667. The Bertz CT molecular complexity index is 740. The van der Waals surface area contributed by atoms with E-state index < -0.39 is 0 Å². The number of aromatic nitrogens is 2. The maximum absolute atomic E-state index is 5.71. The van der Waals surface area contributed by atoms with E-state index in [1.807, 2.05) is 43.3 Å². The molecule has 0 spiro atoms. The standard InChI is InChI=1S/C15H13N3O/c1-10-8-12(16)6-7-14(10)19-15-17-9-11-4-2-3-5-13(11)18-15/h2-9H,16H2,1H3. The monoisotopic (exact) mass is 251 g/mol. The molecule has 0 bridgehead atoms. The Kier molecular flexibility index (Phi) is 2.76. The number of para-hydroxylation sites is 1. The predicted molar refractivity (Wildman–Crippen MR) is 75.2 cm³/mol. The summed E-state index contributed by atoms with van der Waals surface area (Å²) in [7, 11) is 0. The Hall–Kier alpha value is -2.62. The van der Waals surface area contributed by atoms with Crippen LogP contribution in [-0.4, -0.2) is 9.97 Å². The summed E-state index contributed by atoms with van der Waals surface area (Å²) < 4.78 is 5.69. The van der Waals surface area contributed by atoms with Crippen LogP contribution >= 0.6 is 0 Å². The molecule has 0 saturated heterocycles. The van der Waals surface area contributed by atoms with Crippen molar-refractivity contribution in [3.63, 3.8) is 0 Å². The average molecular weight is 251 g/mol. The molecule has 3 rings (SSSR count). The Morgan fingerprint density at radius 3 is 2.79 bits per heavy atom. The summed E-state index contributed by atoms with van der Waals surface area (Å²) in [5, 5.41) is 0.990. The zero-order chi connectivity index (χ0) is 13.2. The van der Waals surface area contributed by atoms with Crippen LogP contribution in [0.15, 0.2) is 48.7 Å². The van der Waals surface area contributed by atoms with E-state index in [4.69, 9.17) is 10.5 Å². The third kappa shape index (κ3) is 2.33. The van der Waals surface area contributed by atoms with Gasteiger partial charge in [0.25, 0.3) is 0 Å². The van der Waals surface area contributed by atoms with Crippen LogP contribution in [0, 0.1) is 6.92 Å². The minimum atomic E-state index is 0.339. The van der Waals surface area contributed by atoms with Crippen molar-refractivity contribution < 1.29 is 4.74 Å². The molecule has 2 aromatic carbocycles. The third-order valence-electron chi connectivity index (χ3n) is 2.87. The highest BCUT2D eigenvalue weighted by atomic mass is 16.5. The average Bonchev–Trinajstić information content (AvgIpc) is 2.42. The summed E-state index contributed by atoms with van der Waals surface area (Å²) in [6.07, 6.45) is 1.75. The molecule has 4 nitrogen and oxygen atoms in total. The van der Waals surface area contributed by atoms with E-state index in [0.717, 1.165) is 16.5 Å². The molecule has 0 atom stereocenters. The van der Waals surface area contributed by atoms with Crippen molar-refractivity contribution in [1.82, 2.24) is 9.97 Å². The van der Waals surface area contributed by atoms with E-state index >= 15 is 0 Å². The number of nitrogens with zero attached hydrogens (tertiary/aromatic N) is 2. The maximum atomic E-state index is 5.71. The fourth-order valence-corrected chi connectivity index (χ4v) is 1.89. The number of nitrogen functional groups attached to an aromatic ring is 1. The van der Waals surface area contributed by atoms with Crippen molar-refractivity contribution in [2.45, 2.75) is 6.92 Å². The molecule has 1 heterocycles. The van der Waals surface area contributed by atoms with Gasteiger partial charge in [-0.1, -0.05) is 18.2 Å². The van der Waals surface area contributed by atoms with Gasteiger partial charge in [0.2, 0.25) is 0 Å². The first-order chi connectivity index (χ1) is 9.22. The number of fused-ring (bicyclic) bond motifs is 1. The number of hydrogen-bond donors (Lipinski definition) is 1. The molecule has 0 fully saturated rings. The summed E-state index contributed by atoms with van der Waals surface area (Å²) >= 11 is 0. The van der Waals surface area contributed by atoms with Crippen LogP contribution in [0.1, 0.15) is 5.56 Å². The smallest absolute Gasteiger partial charge is 0.322 e. The molecule has 19 heavy (non-hydrogen) atoms. The normalized spacial score (nSPS) is 10.6. The molecule has 4 heteroatoms. The van der Waals surface area contributed by atoms with Gasteiger partial charge in [-0.2, -0.15) is 4.98 Å². The summed E-state index contributed by atoms with van der Waals surface area (Å²) in [6.45, 7) is 1.94. The quantitative estimate of drug-likeness (QED) is 0.710. The second-order valence-electron chi connectivity index (χ2n) is 4.34. The van der Waals surface area contributed by atoms with Gasteiger partial charge in [-0.15, -0.1) is 0 Å². The lowest BCUT2D eigenvalue weighted by Crippen LogP contribution is -1.95. The first-order valence-electron chi connectivity index (χ1n) is 5.98. The van der Waals surface area contributed by atoms with Crippen molar-refractivity contribution in [1.29, 1.82) is 0 Å². The highest BCUT2D eigenvalue weighted by molar-refractivity contribution is 5.77. The lowest BCUT2D eigenvalue weighted by Gasteiger charge is -2.08. The van der Waals surface area contributed by atoms with Crippen LogP contribution < -0.4 is 10.5 Å². The van der Waals surface area contributed by atoms with Crippen LogP contribution in [0.25, 0.3) is 10.9 Å². The van der Waals surface area contributed by atoms with Crippen molar-refractivity contribution >= 4 is 16.6 Å². The maximum Gasteiger partial charge on any atom is 0.322 e. The Balaban J connectivity index is 1.96. The molecular formula is C15H13N3O. The van der Waals surface area contributed by atoms with Gasteiger partial charge in [-0.3, -0.25) is 0 Å². The van der Waals surface area contributed by atoms with Crippen molar-refractivity contribution in [3.05, 3.63) is 54.2 Å². The summed E-state index contributed by atoms with van der Waals surface area (Å²) in [4.78, 5) is 8.57. The van der Waals surface area contributed by atoms with Gasteiger partial charge in [0, 0.05) is 17.3 Å². The molecule has 94 valence electrons. The first-order valence-corrected chi connectivity index (χ1v) is 5.98. The number of aryl methyl sites for hydroxylation is 1. The van der Waals surface area contributed by atoms with E-state index in [-0.39, 0.29) is 0 Å².